The van der Waals surface area contributed by atoms with Gasteiger partial charge in [-0.1, -0.05) is 23.7 Å². The lowest BCUT2D eigenvalue weighted by molar-refractivity contribution is -0.137. The summed E-state index contributed by atoms with van der Waals surface area (Å²) >= 11 is 5.62. The van der Waals surface area contributed by atoms with Crippen LogP contribution in [0.15, 0.2) is 42.6 Å². The number of alkyl halides is 3. The van der Waals surface area contributed by atoms with Crippen LogP contribution in [0, 0.1) is 0 Å². The summed E-state index contributed by atoms with van der Waals surface area (Å²) in [6, 6.07) is 8.03. The van der Waals surface area contributed by atoms with Crippen LogP contribution in [-0.2, 0) is 12.8 Å². The van der Waals surface area contributed by atoms with Gasteiger partial charge in [0.05, 0.1) is 11.8 Å². The SMILES string of the molecule is FC(F)(F)c1ccc(COc2ccc(Cl)nc2)cc1. The Hall–Kier alpha value is -1.75. The van der Waals surface area contributed by atoms with Gasteiger partial charge >= 0.3 is 6.18 Å². The molecule has 0 aliphatic heterocycles. The van der Waals surface area contributed by atoms with Gasteiger partial charge < -0.3 is 4.74 Å². The van der Waals surface area contributed by atoms with E-state index in [4.69, 9.17) is 16.3 Å². The second-order valence-electron chi connectivity index (χ2n) is 3.80. The van der Waals surface area contributed by atoms with E-state index in [1.54, 1.807) is 12.1 Å². The van der Waals surface area contributed by atoms with Crippen LogP contribution in [0.3, 0.4) is 0 Å². The monoisotopic (exact) mass is 287 g/mol. The molecule has 1 aromatic carbocycles. The van der Waals surface area contributed by atoms with Gasteiger partial charge in [-0.3, -0.25) is 0 Å². The fraction of sp³-hybridized carbons (Fsp3) is 0.154. The Morgan fingerprint density at radius 1 is 1.05 bits per heavy atom. The Morgan fingerprint density at radius 2 is 1.74 bits per heavy atom. The predicted molar refractivity (Wildman–Crippen MR) is 65.0 cm³/mol. The number of hydrogen-bond acceptors (Lipinski definition) is 2. The van der Waals surface area contributed by atoms with Gasteiger partial charge in [0.25, 0.3) is 0 Å². The fourth-order valence-corrected chi connectivity index (χ4v) is 1.52. The van der Waals surface area contributed by atoms with Crippen molar-refractivity contribution in [1.82, 2.24) is 4.98 Å². The highest BCUT2D eigenvalue weighted by Gasteiger charge is 2.29. The maximum absolute atomic E-state index is 12.4. The van der Waals surface area contributed by atoms with Crippen molar-refractivity contribution >= 4 is 11.6 Å². The zero-order chi connectivity index (χ0) is 13.9. The minimum absolute atomic E-state index is 0.168. The number of nitrogens with zero attached hydrogens (tertiary/aromatic N) is 1. The second kappa shape index (κ2) is 5.48. The van der Waals surface area contributed by atoms with Crippen LogP contribution in [0.25, 0.3) is 0 Å². The summed E-state index contributed by atoms with van der Waals surface area (Å²) in [5.41, 5.74) is -0.0349. The molecule has 19 heavy (non-hydrogen) atoms. The summed E-state index contributed by atoms with van der Waals surface area (Å²) in [6.45, 7) is 0.168. The Kier molecular flexibility index (Phi) is 3.95. The number of hydrogen-bond donors (Lipinski definition) is 0. The third kappa shape index (κ3) is 3.86. The zero-order valence-corrected chi connectivity index (χ0v) is 10.4. The third-order valence-corrected chi connectivity index (χ3v) is 2.61. The van der Waals surface area contributed by atoms with Gasteiger partial charge in [0.1, 0.15) is 17.5 Å². The number of halogens is 4. The average molecular weight is 288 g/mol. The van der Waals surface area contributed by atoms with E-state index < -0.39 is 11.7 Å². The van der Waals surface area contributed by atoms with Gasteiger partial charge in [0.2, 0.25) is 0 Å². The minimum atomic E-state index is -4.32. The molecular weight excluding hydrogens is 279 g/mol. The van der Waals surface area contributed by atoms with E-state index in [-0.39, 0.29) is 6.61 Å². The van der Waals surface area contributed by atoms with Crippen molar-refractivity contribution in [3.8, 4) is 5.75 Å². The molecule has 0 N–H and O–H groups in total. The first-order chi connectivity index (χ1) is 8.95. The highest BCUT2D eigenvalue weighted by atomic mass is 35.5. The Bertz CT molecular complexity index is 537. The Labute approximate surface area is 112 Å². The van der Waals surface area contributed by atoms with E-state index >= 15 is 0 Å². The predicted octanol–water partition coefficient (Wildman–Crippen LogP) is 4.33. The van der Waals surface area contributed by atoms with Crippen LogP contribution < -0.4 is 4.74 Å². The summed E-state index contributed by atoms with van der Waals surface area (Å²) in [5, 5.41) is 0.349. The number of benzene rings is 1. The van der Waals surface area contributed by atoms with Crippen molar-refractivity contribution in [2.75, 3.05) is 0 Å². The number of ether oxygens (including phenoxy) is 1. The Morgan fingerprint density at radius 3 is 2.26 bits per heavy atom. The third-order valence-electron chi connectivity index (χ3n) is 2.39. The molecule has 0 unspecified atom stereocenters. The second-order valence-corrected chi connectivity index (χ2v) is 4.19. The normalized spacial score (nSPS) is 11.4. The zero-order valence-electron chi connectivity index (χ0n) is 9.62. The molecule has 1 aromatic heterocycles. The molecule has 0 fully saturated rings. The van der Waals surface area contributed by atoms with Gasteiger partial charge in [-0.25, -0.2) is 4.98 Å². The van der Waals surface area contributed by atoms with Gasteiger partial charge in [-0.2, -0.15) is 13.2 Å². The van der Waals surface area contributed by atoms with E-state index in [9.17, 15) is 13.2 Å². The van der Waals surface area contributed by atoms with Crippen molar-refractivity contribution in [2.45, 2.75) is 12.8 Å². The van der Waals surface area contributed by atoms with Gasteiger partial charge in [-0.05, 0) is 29.8 Å². The lowest BCUT2D eigenvalue weighted by atomic mass is 10.1. The highest BCUT2D eigenvalue weighted by molar-refractivity contribution is 6.29. The topological polar surface area (TPSA) is 22.1 Å². The summed E-state index contributed by atoms with van der Waals surface area (Å²) < 4.78 is 42.4. The first-order valence-electron chi connectivity index (χ1n) is 5.35. The first-order valence-corrected chi connectivity index (χ1v) is 5.73. The fourth-order valence-electron chi connectivity index (χ4n) is 1.40. The number of aromatic nitrogens is 1. The molecule has 0 radical (unpaired) electrons. The average Bonchev–Trinajstić information content (AvgIpc) is 2.37. The maximum atomic E-state index is 12.4. The molecule has 0 bridgehead atoms. The van der Waals surface area contributed by atoms with E-state index in [1.807, 2.05) is 0 Å². The minimum Gasteiger partial charge on any atom is -0.487 e. The molecule has 0 saturated carbocycles. The maximum Gasteiger partial charge on any atom is 0.416 e. The largest absolute Gasteiger partial charge is 0.487 e. The summed E-state index contributed by atoms with van der Waals surface area (Å²) in [4.78, 5) is 3.83. The van der Waals surface area contributed by atoms with Crippen LogP contribution >= 0.6 is 11.6 Å². The lowest BCUT2D eigenvalue weighted by Crippen LogP contribution is -2.05. The van der Waals surface area contributed by atoms with Crippen molar-refractivity contribution in [1.29, 1.82) is 0 Å². The molecule has 100 valence electrons. The molecule has 0 amide bonds. The van der Waals surface area contributed by atoms with E-state index in [0.717, 1.165) is 12.1 Å². The molecule has 1 heterocycles. The van der Waals surface area contributed by atoms with Crippen LogP contribution in [0.1, 0.15) is 11.1 Å². The summed E-state index contributed by atoms with van der Waals surface area (Å²) in [7, 11) is 0. The molecule has 2 nitrogen and oxygen atoms in total. The van der Waals surface area contributed by atoms with Gasteiger partial charge in [0, 0.05) is 0 Å². The van der Waals surface area contributed by atoms with Crippen LogP contribution in [0.2, 0.25) is 5.15 Å². The highest BCUT2D eigenvalue weighted by Crippen LogP contribution is 2.29. The van der Waals surface area contributed by atoms with Crippen LogP contribution in [0.5, 0.6) is 5.75 Å². The van der Waals surface area contributed by atoms with Crippen LogP contribution in [-0.4, -0.2) is 4.98 Å². The van der Waals surface area contributed by atoms with Crippen molar-refractivity contribution in [3.63, 3.8) is 0 Å². The molecule has 6 heteroatoms. The first kappa shape index (κ1) is 13.7. The molecule has 2 rings (SSSR count). The van der Waals surface area contributed by atoms with Gasteiger partial charge in [-0.15, -0.1) is 0 Å². The molecule has 2 aromatic rings. The molecule has 0 spiro atoms. The van der Waals surface area contributed by atoms with E-state index in [2.05, 4.69) is 4.98 Å². The summed E-state index contributed by atoms with van der Waals surface area (Å²) in [5.74, 6) is 0.504. The van der Waals surface area contributed by atoms with Gasteiger partial charge in [0.15, 0.2) is 0 Å². The summed E-state index contributed by atoms with van der Waals surface area (Å²) in [6.07, 6.45) is -2.87. The smallest absolute Gasteiger partial charge is 0.416 e. The van der Waals surface area contributed by atoms with Crippen molar-refractivity contribution in [2.24, 2.45) is 0 Å². The molecule has 0 aliphatic rings. The molecular formula is C13H9ClF3NO. The molecule has 0 aliphatic carbocycles. The van der Waals surface area contributed by atoms with Crippen molar-refractivity contribution in [3.05, 3.63) is 58.9 Å². The number of rotatable bonds is 3. The quantitative estimate of drug-likeness (QED) is 0.784. The number of pyridine rings is 1. The standard InChI is InChI=1S/C13H9ClF3NO/c14-12-6-5-11(7-18-12)19-8-9-1-3-10(4-2-9)13(15,16)17/h1-7H,8H2. The van der Waals surface area contributed by atoms with E-state index in [0.29, 0.717) is 16.5 Å². The molecule has 0 atom stereocenters. The molecule has 0 saturated heterocycles. The van der Waals surface area contributed by atoms with Crippen molar-refractivity contribution < 1.29 is 17.9 Å². The lowest BCUT2D eigenvalue weighted by Gasteiger charge is -2.08. The Balaban J connectivity index is 1.98. The van der Waals surface area contributed by atoms with Crippen LogP contribution in [0.4, 0.5) is 13.2 Å². The van der Waals surface area contributed by atoms with E-state index in [1.165, 1.54) is 18.3 Å².